The molecule has 2 aliphatic heterocycles. The number of ether oxygens (including phenoxy) is 1. The fraction of sp³-hybridized carbons (Fsp3) is 0.417. The van der Waals surface area contributed by atoms with Gasteiger partial charge in [0.25, 0.3) is 5.91 Å². The first-order valence-corrected chi connectivity index (χ1v) is 11.7. The van der Waals surface area contributed by atoms with E-state index in [0.29, 0.717) is 28.2 Å². The van der Waals surface area contributed by atoms with Crippen molar-refractivity contribution < 1.29 is 42.2 Å². The number of nitrogens with one attached hydrogen (secondary N) is 3. The molecule has 0 aliphatic carbocycles. The minimum Gasteiger partial charge on any atom is -0.406 e. The molecule has 4 N–H and O–H groups in total. The maximum absolute atomic E-state index is 12.9. The molecule has 1 aromatic carbocycles. The van der Waals surface area contributed by atoms with Gasteiger partial charge in [0, 0.05) is 37.1 Å². The Kier molecular flexibility index (Phi) is 7.10. The van der Waals surface area contributed by atoms with Crippen molar-refractivity contribution in [2.24, 2.45) is 0 Å². The lowest BCUT2D eigenvalue weighted by molar-refractivity contribution is -0.274. The molecule has 1 fully saturated rings. The number of benzene rings is 1. The van der Waals surface area contributed by atoms with Crippen LogP contribution < -0.4 is 15.4 Å². The number of anilines is 1. The number of halogens is 3. The number of aliphatic hydroxyl groups excluding tert-OH is 1. The average Bonchev–Trinajstić information content (AvgIpc) is 3.37. The lowest BCUT2D eigenvalue weighted by Gasteiger charge is -2.18. The van der Waals surface area contributed by atoms with Gasteiger partial charge in [0.1, 0.15) is 12.3 Å². The van der Waals surface area contributed by atoms with Gasteiger partial charge in [-0.3, -0.25) is 19.3 Å². The molecule has 14 heteroatoms. The zero-order valence-corrected chi connectivity index (χ0v) is 20.7. The Morgan fingerprint density at radius 3 is 2.61 bits per heavy atom. The molecule has 0 saturated carbocycles. The average molecular weight is 537 g/mol. The summed E-state index contributed by atoms with van der Waals surface area (Å²) in [6, 6.07) is 3.09. The molecular weight excluding hydrogens is 511 g/mol. The number of H-pyrrole nitrogens is 1. The summed E-state index contributed by atoms with van der Waals surface area (Å²) in [5.41, 5.74) is 2.57. The van der Waals surface area contributed by atoms with Crippen LogP contribution in [0.4, 0.5) is 23.7 Å². The van der Waals surface area contributed by atoms with Crippen molar-refractivity contribution in [1.82, 2.24) is 20.1 Å². The van der Waals surface area contributed by atoms with Crippen LogP contribution in [0.3, 0.4) is 0 Å². The zero-order chi connectivity index (χ0) is 27.9. The number of imide groups is 1. The van der Waals surface area contributed by atoms with Gasteiger partial charge in [0.15, 0.2) is 0 Å². The SMILES string of the molecule is Cc1[nH]c(CC2C(=O)Nc3ccc(OC(F)(F)F)cc32)c(C)c1C(=O)NCC(O)CN1C(=O)CN(C)C1=O. The molecule has 2 aromatic rings. The molecule has 0 bridgehead atoms. The molecule has 11 nitrogen and oxygen atoms in total. The number of urea groups is 1. The van der Waals surface area contributed by atoms with Crippen LogP contribution in [0.2, 0.25) is 0 Å². The Balaban J connectivity index is 1.44. The lowest BCUT2D eigenvalue weighted by Crippen LogP contribution is -2.43. The van der Waals surface area contributed by atoms with Crippen molar-refractivity contribution >= 4 is 29.4 Å². The highest BCUT2D eigenvalue weighted by molar-refractivity contribution is 6.03. The number of aromatic nitrogens is 1. The summed E-state index contributed by atoms with van der Waals surface area (Å²) in [5, 5.41) is 15.5. The Hall–Kier alpha value is -4.07. The first-order valence-electron chi connectivity index (χ1n) is 11.7. The van der Waals surface area contributed by atoms with E-state index in [9.17, 15) is 37.5 Å². The van der Waals surface area contributed by atoms with Crippen LogP contribution in [-0.4, -0.2) is 82.8 Å². The summed E-state index contributed by atoms with van der Waals surface area (Å²) in [5.74, 6) is -2.62. The number of rotatable bonds is 8. The van der Waals surface area contributed by atoms with Crippen molar-refractivity contribution in [1.29, 1.82) is 0 Å². The Labute approximate surface area is 214 Å². The number of hydrogen-bond donors (Lipinski definition) is 4. The van der Waals surface area contributed by atoms with Gasteiger partial charge in [-0.15, -0.1) is 13.2 Å². The Bertz CT molecular complexity index is 1310. The predicted octanol–water partition coefficient (Wildman–Crippen LogP) is 1.79. The second-order valence-corrected chi connectivity index (χ2v) is 9.28. The molecular formula is C24H26F3N5O6. The number of carbonyl (C=O) groups excluding carboxylic acids is 4. The summed E-state index contributed by atoms with van der Waals surface area (Å²) in [6.07, 6.45) is -5.98. The van der Waals surface area contributed by atoms with Crippen LogP contribution in [0.25, 0.3) is 0 Å². The van der Waals surface area contributed by atoms with Crippen molar-refractivity contribution in [3.05, 3.63) is 46.3 Å². The van der Waals surface area contributed by atoms with Crippen LogP contribution in [0.15, 0.2) is 18.2 Å². The quantitative estimate of drug-likeness (QED) is 0.378. The number of alkyl halides is 3. The maximum Gasteiger partial charge on any atom is 0.573 e. The Morgan fingerprint density at radius 2 is 1.97 bits per heavy atom. The van der Waals surface area contributed by atoms with Gasteiger partial charge >= 0.3 is 12.4 Å². The first kappa shape index (κ1) is 27.0. The summed E-state index contributed by atoms with van der Waals surface area (Å²) < 4.78 is 41.9. The third kappa shape index (κ3) is 5.44. The first-order chi connectivity index (χ1) is 17.7. The van der Waals surface area contributed by atoms with Gasteiger partial charge in [-0.05, 0) is 43.2 Å². The second-order valence-electron chi connectivity index (χ2n) is 9.28. The van der Waals surface area contributed by atoms with Crippen LogP contribution in [0, 0.1) is 13.8 Å². The molecule has 1 saturated heterocycles. The fourth-order valence-corrected chi connectivity index (χ4v) is 4.69. The molecule has 1 aromatic heterocycles. The molecule has 38 heavy (non-hydrogen) atoms. The topological polar surface area (TPSA) is 144 Å². The lowest BCUT2D eigenvalue weighted by atomic mass is 9.93. The molecule has 2 atom stereocenters. The number of hydrogen-bond acceptors (Lipinski definition) is 6. The number of aliphatic hydroxyl groups is 1. The highest BCUT2D eigenvalue weighted by atomic mass is 19.4. The predicted molar refractivity (Wildman–Crippen MR) is 127 cm³/mol. The summed E-state index contributed by atoms with van der Waals surface area (Å²) in [7, 11) is 1.46. The number of amides is 5. The summed E-state index contributed by atoms with van der Waals surface area (Å²) in [4.78, 5) is 54.6. The zero-order valence-electron chi connectivity index (χ0n) is 20.7. The largest absolute Gasteiger partial charge is 0.573 e. The molecule has 4 rings (SSSR count). The van der Waals surface area contributed by atoms with Crippen LogP contribution >= 0.6 is 0 Å². The molecule has 0 spiro atoms. The third-order valence-corrected chi connectivity index (χ3v) is 6.51. The number of carbonyl (C=O) groups is 4. The van der Waals surface area contributed by atoms with Gasteiger partial charge < -0.3 is 30.4 Å². The number of aryl methyl sites for hydroxylation is 1. The number of likely N-dealkylation sites (N-methyl/N-ethyl adjacent to an activating group) is 1. The van der Waals surface area contributed by atoms with E-state index in [-0.39, 0.29) is 31.6 Å². The minimum absolute atomic E-state index is 0.0808. The number of β-amino-alcohol motifs (C(OH)–C–C–N with tert-alkyl or cyclic N) is 1. The van der Waals surface area contributed by atoms with Crippen molar-refractivity contribution in [3.63, 3.8) is 0 Å². The van der Waals surface area contributed by atoms with Gasteiger partial charge in [0.05, 0.1) is 24.1 Å². The van der Waals surface area contributed by atoms with E-state index in [2.05, 4.69) is 20.4 Å². The second kappa shape index (κ2) is 10.0. The van der Waals surface area contributed by atoms with Crippen molar-refractivity contribution in [2.75, 3.05) is 32.0 Å². The summed E-state index contributed by atoms with van der Waals surface area (Å²) >= 11 is 0. The number of fused-ring (bicyclic) bond motifs is 1. The Morgan fingerprint density at radius 1 is 1.26 bits per heavy atom. The maximum atomic E-state index is 12.9. The normalized spacial score (nSPS) is 18.1. The van der Waals surface area contributed by atoms with E-state index in [1.54, 1.807) is 13.8 Å². The van der Waals surface area contributed by atoms with Crippen LogP contribution in [-0.2, 0) is 16.0 Å². The van der Waals surface area contributed by atoms with E-state index < -0.39 is 47.9 Å². The third-order valence-electron chi connectivity index (χ3n) is 6.51. The smallest absolute Gasteiger partial charge is 0.406 e. The molecule has 0 radical (unpaired) electrons. The van der Waals surface area contributed by atoms with E-state index >= 15 is 0 Å². The highest BCUT2D eigenvalue weighted by Gasteiger charge is 2.36. The molecule has 2 aliphatic rings. The van der Waals surface area contributed by atoms with E-state index in [4.69, 9.17) is 0 Å². The number of nitrogens with zero attached hydrogens (tertiary/aromatic N) is 2. The fourth-order valence-electron chi connectivity index (χ4n) is 4.69. The van der Waals surface area contributed by atoms with E-state index in [1.165, 1.54) is 24.1 Å². The van der Waals surface area contributed by atoms with Crippen molar-refractivity contribution in [3.8, 4) is 5.75 Å². The monoisotopic (exact) mass is 537 g/mol. The van der Waals surface area contributed by atoms with Gasteiger partial charge in [0.2, 0.25) is 11.8 Å². The van der Waals surface area contributed by atoms with Gasteiger partial charge in [-0.1, -0.05) is 0 Å². The number of aromatic amines is 1. The van der Waals surface area contributed by atoms with Gasteiger partial charge in [-0.2, -0.15) is 0 Å². The van der Waals surface area contributed by atoms with Crippen molar-refractivity contribution in [2.45, 2.75) is 38.7 Å². The van der Waals surface area contributed by atoms with Crippen LogP contribution in [0.1, 0.15) is 38.8 Å². The molecule has 2 unspecified atom stereocenters. The van der Waals surface area contributed by atoms with E-state index in [1.807, 2.05) is 0 Å². The standard InChI is InChI=1S/C24H26F3N5O6/c1-11-18(7-16-15-6-14(38-24(25,26)27)4-5-17(15)30-21(16)35)29-12(2)20(11)22(36)28-8-13(33)9-32-19(34)10-31(3)23(32)37/h4-6,13,16,29,33H,7-10H2,1-3H3,(H,28,36)(H,30,35). The molecule has 204 valence electrons. The molecule has 3 heterocycles. The minimum atomic E-state index is -4.88. The van der Waals surface area contributed by atoms with Crippen LogP contribution in [0.5, 0.6) is 5.75 Å². The summed E-state index contributed by atoms with van der Waals surface area (Å²) in [6.45, 7) is 2.74. The van der Waals surface area contributed by atoms with Gasteiger partial charge in [-0.25, -0.2) is 4.79 Å². The molecule has 5 amide bonds. The highest BCUT2D eigenvalue weighted by Crippen LogP contribution is 2.39. The van der Waals surface area contributed by atoms with E-state index in [0.717, 1.165) is 11.0 Å².